The van der Waals surface area contributed by atoms with Crippen molar-refractivity contribution >= 4 is 22.4 Å². The summed E-state index contributed by atoms with van der Waals surface area (Å²) in [6.45, 7) is 6.09. The molecule has 0 radical (unpaired) electrons. The quantitative estimate of drug-likeness (QED) is 0.725. The molecule has 3 rings (SSSR count). The lowest BCUT2D eigenvalue weighted by Gasteiger charge is -2.07. The van der Waals surface area contributed by atoms with Gasteiger partial charge in [-0.25, -0.2) is 0 Å². The van der Waals surface area contributed by atoms with E-state index in [1.54, 1.807) is 24.3 Å². The van der Waals surface area contributed by atoms with Crippen LogP contribution in [0.1, 0.15) is 39.3 Å². The molecular formula is C17H18N4O3S. The van der Waals surface area contributed by atoms with Gasteiger partial charge in [0.25, 0.3) is 5.91 Å². The van der Waals surface area contributed by atoms with Crippen LogP contribution in [0.4, 0.5) is 5.13 Å². The van der Waals surface area contributed by atoms with E-state index in [9.17, 15) is 4.79 Å². The fourth-order valence-corrected chi connectivity index (χ4v) is 2.86. The number of hydrogen-bond acceptors (Lipinski definition) is 7. The molecule has 25 heavy (non-hydrogen) atoms. The maximum atomic E-state index is 12.2. The molecule has 1 N–H and O–H groups in total. The maximum absolute atomic E-state index is 12.2. The first-order chi connectivity index (χ1) is 12.1. The van der Waals surface area contributed by atoms with E-state index < -0.39 is 0 Å². The van der Waals surface area contributed by atoms with Gasteiger partial charge in [0, 0.05) is 5.56 Å². The Kier molecular flexibility index (Phi) is 5.08. The number of carbonyl (C=O) groups is 1. The molecule has 0 spiro atoms. The third kappa shape index (κ3) is 4.03. The van der Waals surface area contributed by atoms with Crippen LogP contribution < -0.4 is 10.1 Å². The van der Waals surface area contributed by atoms with E-state index in [0.717, 1.165) is 28.4 Å². The molecule has 8 heteroatoms. The fourth-order valence-electron chi connectivity index (χ4n) is 2.18. The van der Waals surface area contributed by atoms with Crippen molar-refractivity contribution in [3.05, 3.63) is 51.9 Å². The normalized spacial score (nSPS) is 10.7. The maximum Gasteiger partial charge on any atom is 0.257 e. The lowest BCUT2D eigenvalue weighted by Crippen LogP contribution is -2.11. The highest BCUT2D eigenvalue weighted by atomic mass is 32.1. The highest BCUT2D eigenvalue weighted by Gasteiger charge is 2.11. The highest BCUT2D eigenvalue weighted by molar-refractivity contribution is 7.15. The minimum absolute atomic E-state index is 0.226. The number of benzene rings is 1. The molecule has 0 fully saturated rings. The fraction of sp³-hybridized carbons (Fsp3) is 0.294. The minimum atomic E-state index is -0.226. The van der Waals surface area contributed by atoms with Crippen LogP contribution in [0.5, 0.6) is 5.75 Å². The van der Waals surface area contributed by atoms with Crippen LogP contribution in [0.3, 0.4) is 0 Å². The molecule has 0 unspecified atom stereocenters. The monoisotopic (exact) mass is 358 g/mol. The van der Waals surface area contributed by atoms with Crippen LogP contribution >= 0.6 is 11.3 Å². The molecule has 0 aliphatic heterocycles. The summed E-state index contributed by atoms with van der Waals surface area (Å²) in [5.41, 5.74) is 2.28. The Morgan fingerprint density at radius 1 is 1.24 bits per heavy atom. The Morgan fingerprint density at radius 2 is 2.00 bits per heavy atom. The highest BCUT2D eigenvalue weighted by Crippen LogP contribution is 2.20. The summed E-state index contributed by atoms with van der Waals surface area (Å²) in [6.07, 6.45) is 0.796. The Hall–Kier alpha value is -2.74. The topological polar surface area (TPSA) is 90.1 Å². The Labute approximate surface area is 149 Å². The Balaban J connectivity index is 1.60. The van der Waals surface area contributed by atoms with E-state index in [4.69, 9.17) is 9.26 Å². The van der Waals surface area contributed by atoms with Gasteiger partial charge >= 0.3 is 0 Å². The van der Waals surface area contributed by atoms with Crippen LogP contribution in [0.25, 0.3) is 0 Å². The molecular weight excluding hydrogens is 340 g/mol. The molecule has 0 aliphatic carbocycles. The molecule has 0 atom stereocenters. The predicted octanol–water partition coefficient (Wildman–Crippen LogP) is 3.54. The van der Waals surface area contributed by atoms with Gasteiger partial charge in [0.15, 0.2) is 0 Å². The number of nitrogens with zero attached hydrogens (tertiary/aromatic N) is 3. The molecule has 1 aromatic carbocycles. The Morgan fingerprint density at radius 3 is 2.60 bits per heavy atom. The van der Waals surface area contributed by atoms with Crippen LogP contribution in [0.2, 0.25) is 0 Å². The number of aromatic nitrogens is 3. The van der Waals surface area contributed by atoms with Crippen molar-refractivity contribution in [2.45, 2.75) is 33.8 Å². The number of hydrogen-bond donors (Lipinski definition) is 1. The molecule has 0 saturated carbocycles. The van der Waals surface area contributed by atoms with E-state index in [0.29, 0.717) is 23.1 Å². The molecule has 130 valence electrons. The van der Waals surface area contributed by atoms with Gasteiger partial charge in [0.2, 0.25) is 5.13 Å². The molecule has 1 amide bonds. The summed E-state index contributed by atoms with van der Waals surface area (Å²) in [7, 11) is 0. The average molecular weight is 358 g/mol. The molecule has 0 aliphatic rings. The van der Waals surface area contributed by atoms with Crippen molar-refractivity contribution in [2.75, 3.05) is 5.32 Å². The summed E-state index contributed by atoms with van der Waals surface area (Å²) < 4.78 is 10.8. The van der Waals surface area contributed by atoms with Crippen LogP contribution in [0, 0.1) is 13.8 Å². The minimum Gasteiger partial charge on any atom is -0.489 e. The van der Waals surface area contributed by atoms with Crippen LogP contribution in [-0.4, -0.2) is 21.3 Å². The number of aryl methyl sites for hydroxylation is 3. The second-order valence-corrected chi connectivity index (χ2v) is 6.49. The van der Waals surface area contributed by atoms with Crippen molar-refractivity contribution in [1.29, 1.82) is 0 Å². The van der Waals surface area contributed by atoms with Gasteiger partial charge in [-0.1, -0.05) is 23.4 Å². The summed E-state index contributed by atoms with van der Waals surface area (Å²) in [5.74, 6) is 1.19. The lowest BCUT2D eigenvalue weighted by molar-refractivity contribution is 0.102. The van der Waals surface area contributed by atoms with Crippen molar-refractivity contribution in [2.24, 2.45) is 0 Å². The second kappa shape index (κ2) is 7.43. The second-order valence-electron chi connectivity index (χ2n) is 5.42. The number of nitrogens with one attached hydrogen (secondary N) is 1. The van der Waals surface area contributed by atoms with Crippen LogP contribution in [0.15, 0.2) is 28.8 Å². The zero-order valence-electron chi connectivity index (χ0n) is 14.2. The molecule has 2 aromatic heterocycles. The molecule has 3 aromatic rings. The largest absolute Gasteiger partial charge is 0.489 e. The van der Waals surface area contributed by atoms with Gasteiger partial charge in [-0.3, -0.25) is 10.1 Å². The van der Waals surface area contributed by atoms with E-state index in [-0.39, 0.29) is 5.91 Å². The van der Waals surface area contributed by atoms with Gasteiger partial charge in [0.1, 0.15) is 23.1 Å². The van der Waals surface area contributed by atoms with Crippen molar-refractivity contribution < 1.29 is 14.1 Å². The van der Waals surface area contributed by atoms with E-state index in [2.05, 4.69) is 20.7 Å². The smallest absolute Gasteiger partial charge is 0.257 e. The van der Waals surface area contributed by atoms with E-state index in [1.807, 2.05) is 20.8 Å². The molecule has 2 heterocycles. The standard InChI is InChI=1S/C17H18N4O3S/c1-4-15-19-20-17(25-15)18-16(22)12-5-7-13(8-6-12)23-9-14-10(2)21-24-11(14)3/h5-8H,4,9H2,1-3H3,(H,18,20,22). The first-order valence-corrected chi connectivity index (χ1v) is 8.66. The number of rotatable bonds is 6. The Bertz CT molecular complexity index is 851. The summed E-state index contributed by atoms with van der Waals surface area (Å²) >= 11 is 1.37. The van der Waals surface area contributed by atoms with Gasteiger partial charge < -0.3 is 9.26 Å². The van der Waals surface area contributed by atoms with Crippen molar-refractivity contribution in [1.82, 2.24) is 15.4 Å². The third-order valence-electron chi connectivity index (χ3n) is 3.67. The number of ether oxygens (including phenoxy) is 1. The van der Waals surface area contributed by atoms with Crippen molar-refractivity contribution in [3.63, 3.8) is 0 Å². The first-order valence-electron chi connectivity index (χ1n) is 7.85. The SMILES string of the molecule is CCc1nnc(NC(=O)c2ccc(OCc3c(C)noc3C)cc2)s1. The van der Waals surface area contributed by atoms with Gasteiger partial charge in [-0.15, -0.1) is 10.2 Å². The summed E-state index contributed by atoms with van der Waals surface area (Å²) in [6, 6.07) is 6.93. The van der Waals surface area contributed by atoms with Crippen molar-refractivity contribution in [3.8, 4) is 5.75 Å². The average Bonchev–Trinajstić information content (AvgIpc) is 3.20. The molecule has 0 bridgehead atoms. The number of anilines is 1. The van der Waals surface area contributed by atoms with E-state index >= 15 is 0 Å². The molecule has 0 saturated heterocycles. The zero-order chi connectivity index (χ0) is 17.8. The van der Waals surface area contributed by atoms with Gasteiger partial charge in [-0.2, -0.15) is 0 Å². The van der Waals surface area contributed by atoms with Gasteiger partial charge in [-0.05, 0) is 44.5 Å². The lowest BCUT2D eigenvalue weighted by atomic mass is 10.2. The number of carbonyl (C=O) groups excluding carboxylic acids is 1. The summed E-state index contributed by atoms with van der Waals surface area (Å²) in [5, 5.41) is 16.0. The van der Waals surface area contributed by atoms with E-state index in [1.165, 1.54) is 11.3 Å². The molecule has 7 nitrogen and oxygen atoms in total. The summed E-state index contributed by atoms with van der Waals surface area (Å²) in [4.78, 5) is 12.2. The van der Waals surface area contributed by atoms with Crippen LogP contribution in [-0.2, 0) is 13.0 Å². The zero-order valence-corrected chi connectivity index (χ0v) is 15.0. The van der Waals surface area contributed by atoms with Gasteiger partial charge in [0.05, 0.1) is 11.3 Å². The third-order valence-corrected chi connectivity index (χ3v) is 4.65. The predicted molar refractivity (Wildman–Crippen MR) is 94.0 cm³/mol. The number of amides is 1. The first kappa shape index (κ1) is 17.1.